The lowest BCUT2D eigenvalue weighted by atomic mass is 10.1. The van der Waals surface area contributed by atoms with Gasteiger partial charge in [-0.2, -0.15) is 0 Å². The summed E-state index contributed by atoms with van der Waals surface area (Å²) in [5, 5.41) is 0. The molecule has 0 amide bonds. The Labute approximate surface area is 192 Å². The zero-order valence-electron chi connectivity index (χ0n) is 18.1. The van der Waals surface area contributed by atoms with E-state index in [1.54, 1.807) is 60.7 Å². The largest absolute Gasteiger partial charge is 0.418 e. The molecule has 0 fully saturated rings. The minimum Gasteiger partial charge on any atom is -0.418 e. The van der Waals surface area contributed by atoms with Gasteiger partial charge < -0.3 is 9.47 Å². The van der Waals surface area contributed by atoms with Crippen molar-refractivity contribution in [1.29, 1.82) is 0 Å². The molecule has 0 saturated heterocycles. The second-order valence-electron chi connectivity index (χ2n) is 7.40. The normalized spacial score (nSPS) is 11.3. The fourth-order valence-electron chi connectivity index (χ4n) is 3.22. The molecule has 0 bridgehead atoms. The highest BCUT2D eigenvalue weighted by molar-refractivity contribution is 6.00. The highest BCUT2D eigenvalue weighted by Crippen LogP contribution is 2.30. The third kappa shape index (κ3) is 5.43. The van der Waals surface area contributed by atoms with Gasteiger partial charge in [0.25, 0.3) is 0 Å². The van der Waals surface area contributed by atoms with Gasteiger partial charge in [0.15, 0.2) is 11.5 Å². The summed E-state index contributed by atoms with van der Waals surface area (Å²) in [6.45, 7) is 1.97. The average Bonchev–Trinajstić information content (AvgIpc) is 2.88. The van der Waals surface area contributed by atoms with Gasteiger partial charge in [0.2, 0.25) is 0 Å². The van der Waals surface area contributed by atoms with Crippen LogP contribution in [0.3, 0.4) is 0 Å². The molecule has 4 nitrogen and oxygen atoms in total. The molecule has 4 rings (SSSR count). The van der Waals surface area contributed by atoms with E-state index in [0.717, 1.165) is 5.56 Å². The Kier molecular flexibility index (Phi) is 6.76. The van der Waals surface area contributed by atoms with E-state index < -0.39 is 11.9 Å². The van der Waals surface area contributed by atoms with E-state index in [4.69, 9.17) is 9.47 Å². The number of benzene rings is 4. The molecule has 0 aliphatic rings. The third-order valence-corrected chi connectivity index (χ3v) is 4.96. The highest BCUT2D eigenvalue weighted by atomic mass is 16.6. The summed E-state index contributed by atoms with van der Waals surface area (Å²) in [5.74, 6) is -0.762. The lowest BCUT2D eigenvalue weighted by Gasteiger charge is -2.16. The molecular weight excluding hydrogens is 412 g/mol. The quantitative estimate of drug-likeness (QED) is 0.197. The average molecular weight is 434 g/mol. The maximum atomic E-state index is 13.0. The molecule has 4 heteroatoms. The summed E-state index contributed by atoms with van der Waals surface area (Å²) in [5.41, 5.74) is 3.06. The van der Waals surface area contributed by atoms with Crippen molar-refractivity contribution in [3.05, 3.63) is 143 Å². The van der Waals surface area contributed by atoms with Crippen molar-refractivity contribution in [2.75, 3.05) is 0 Å². The Morgan fingerprint density at radius 3 is 1.18 bits per heavy atom. The summed E-state index contributed by atoms with van der Waals surface area (Å²) >= 11 is 0. The van der Waals surface area contributed by atoms with Crippen molar-refractivity contribution in [1.82, 2.24) is 0 Å². The number of ether oxygens (including phenoxy) is 2. The van der Waals surface area contributed by atoms with Crippen LogP contribution in [0.15, 0.2) is 115 Å². The number of rotatable bonds is 6. The Balaban J connectivity index is 1.84. The van der Waals surface area contributed by atoms with E-state index >= 15 is 0 Å². The minimum atomic E-state index is -0.546. The van der Waals surface area contributed by atoms with Gasteiger partial charge in [0, 0.05) is 11.1 Å². The second-order valence-corrected chi connectivity index (χ2v) is 7.40. The van der Waals surface area contributed by atoms with Gasteiger partial charge in [0.05, 0.1) is 11.1 Å². The predicted molar refractivity (Wildman–Crippen MR) is 128 cm³/mol. The molecule has 0 heterocycles. The van der Waals surface area contributed by atoms with Crippen molar-refractivity contribution in [2.45, 2.75) is 6.92 Å². The topological polar surface area (TPSA) is 52.6 Å². The van der Waals surface area contributed by atoms with Crippen molar-refractivity contribution in [3.63, 3.8) is 0 Å². The number of hydrogen-bond donors (Lipinski definition) is 0. The third-order valence-electron chi connectivity index (χ3n) is 4.96. The molecule has 4 aromatic carbocycles. The van der Waals surface area contributed by atoms with Crippen LogP contribution in [-0.2, 0) is 9.47 Å². The van der Waals surface area contributed by atoms with Crippen LogP contribution in [0.25, 0.3) is 11.5 Å². The lowest BCUT2D eigenvalue weighted by Crippen LogP contribution is -2.11. The van der Waals surface area contributed by atoms with E-state index in [1.165, 1.54) is 0 Å². The van der Waals surface area contributed by atoms with E-state index in [2.05, 4.69) is 0 Å². The van der Waals surface area contributed by atoms with Crippen LogP contribution in [0.5, 0.6) is 0 Å². The maximum Gasteiger partial charge on any atom is 0.343 e. The van der Waals surface area contributed by atoms with Crippen molar-refractivity contribution in [2.24, 2.45) is 0 Å². The summed E-state index contributed by atoms with van der Waals surface area (Å²) in [7, 11) is 0. The summed E-state index contributed by atoms with van der Waals surface area (Å²) in [6, 6.07) is 34.0. The molecule has 4 aromatic rings. The number of hydrogen-bond acceptors (Lipinski definition) is 4. The van der Waals surface area contributed by atoms with Crippen LogP contribution in [-0.4, -0.2) is 11.9 Å². The van der Waals surface area contributed by atoms with Crippen molar-refractivity contribution >= 4 is 23.5 Å². The van der Waals surface area contributed by atoms with Gasteiger partial charge in [-0.05, 0) is 31.2 Å². The zero-order valence-corrected chi connectivity index (χ0v) is 18.1. The molecule has 0 unspecified atom stereocenters. The molecule has 0 aromatic heterocycles. The molecule has 0 aliphatic carbocycles. The van der Waals surface area contributed by atoms with Crippen LogP contribution in [0.2, 0.25) is 0 Å². The predicted octanol–water partition coefficient (Wildman–Crippen LogP) is 6.53. The monoisotopic (exact) mass is 434 g/mol. The molecule has 0 N–H and O–H groups in total. The zero-order chi connectivity index (χ0) is 23.0. The molecule has 0 radical (unpaired) electrons. The number of carbonyl (C=O) groups is 2. The van der Waals surface area contributed by atoms with Crippen molar-refractivity contribution < 1.29 is 19.1 Å². The Morgan fingerprint density at radius 1 is 0.455 bits per heavy atom. The fourth-order valence-corrected chi connectivity index (χ4v) is 3.22. The Morgan fingerprint density at radius 2 is 0.788 bits per heavy atom. The van der Waals surface area contributed by atoms with Crippen LogP contribution < -0.4 is 0 Å². The van der Waals surface area contributed by atoms with Crippen LogP contribution >= 0.6 is 0 Å². The van der Waals surface area contributed by atoms with Crippen LogP contribution in [0.4, 0.5) is 0 Å². The lowest BCUT2D eigenvalue weighted by molar-refractivity contribution is 0.0647. The molecule has 0 saturated carbocycles. The summed E-state index contributed by atoms with van der Waals surface area (Å²) < 4.78 is 11.7. The first-order chi connectivity index (χ1) is 16.1. The smallest absolute Gasteiger partial charge is 0.343 e. The number of aryl methyl sites for hydroxylation is 1. The first-order valence-corrected chi connectivity index (χ1v) is 10.5. The standard InChI is InChI=1S/C29H22O4/c1-21-17-19-23(20-18-21)27(33-29(31)25-15-9-4-10-16-25)26(22-11-5-2-6-12-22)32-28(30)24-13-7-3-8-14-24/h2-20H,1H3/b27-26+. The fraction of sp³-hybridized carbons (Fsp3) is 0.0345. The SMILES string of the molecule is Cc1ccc(/C(OC(=O)c2ccccc2)=C(\OC(=O)c2ccccc2)c2ccccc2)cc1. The highest BCUT2D eigenvalue weighted by Gasteiger charge is 2.22. The van der Waals surface area contributed by atoms with Gasteiger partial charge >= 0.3 is 11.9 Å². The van der Waals surface area contributed by atoms with Gasteiger partial charge in [-0.3, -0.25) is 0 Å². The van der Waals surface area contributed by atoms with E-state index in [0.29, 0.717) is 22.3 Å². The second kappa shape index (κ2) is 10.2. The van der Waals surface area contributed by atoms with E-state index in [1.807, 2.05) is 61.5 Å². The van der Waals surface area contributed by atoms with E-state index in [9.17, 15) is 9.59 Å². The van der Waals surface area contributed by atoms with Crippen LogP contribution in [0, 0.1) is 6.92 Å². The van der Waals surface area contributed by atoms with E-state index in [-0.39, 0.29) is 11.5 Å². The van der Waals surface area contributed by atoms with Gasteiger partial charge in [-0.1, -0.05) is 96.6 Å². The molecular formula is C29H22O4. The minimum absolute atomic E-state index is 0.164. The van der Waals surface area contributed by atoms with Gasteiger partial charge in [0.1, 0.15) is 0 Å². The molecule has 162 valence electrons. The molecule has 0 atom stereocenters. The molecule has 33 heavy (non-hydrogen) atoms. The van der Waals surface area contributed by atoms with Crippen molar-refractivity contribution in [3.8, 4) is 0 Å². The van der Waals surface area contributed by atoms with Gasteiger partial charge in [-0.15, -0.1) is 0 Å². The first kappa shape index (κ1) is 21.8. The Bertz CT molecular complexity index is 1260. The molecule has 0 spiro atoms. The first-order valence-electron chi connectivity index (χ1n) is 10.5. The maximum absolute atomic E-state index is 13.0. The Hall–Kier alpha value is -4.44. The molecule has 0 aliphatic heterocycles. The number of carbonyl (C=O) groups excluding carboxylic acids is 2. The van der Waals surface area contributed by atoms with Gasteiger partial charge in [-0.25, -0.2) is 9.59 Å². The number of esters is 2. The van der Waals surface area contributed by atoms with Crippen LogP contribution in [0.1, 0.15) is 37.4 Å². The summed E-state index contributed by atoms with van der Waals surface area (Å²) in [6.07, 6.45) is 0. The summed E-state index contributed by atoms with van der Waals surface area (Å²) in [4.78, 5) is 26.0.